The third kappa shape index (κ3) is 2.27. The van der Waals surface area contributed by atoms with Crippen LogP contribution >= 0.6 is 11.6 Å². The van der Waals surface area contributed by atoms with Crippen molar-refractivity contribution in [3.8, 4) is 0 Å². The van der Waals surface area contributed by atoms with Gasteiger partial charge in [0, 0.05) is 30.8 Å². The molecule has 0 unspecified atom stereocenters. The van der Waals surface area contributed by atoms with Crippen molar-refractivity contribution in [2.24, 2.45) is 0 Å². The van der Waals surface area contributed by atoms with E-state index in [4.69, 9.17) is 21.1 Å². The summed E-state index contributed by atoms with van der Waals surface area (Å²) in [7, 11) is 1.36. The van der Waals surface area contributed by atoms with Crippen LogP contribution in [-0.4, -0.2) is 35.8 Å². The summed E-state index contributed by atoms with van der Waals surface area (Å²) in [6.45, 7) is 1.49. The zero-order chi connectivity index (χ0) is 14.1. The van der Waals surface area contributed by atoms with Gasteiger partial charge in [0.25, 0.3) is 0 Å². The fourth-order valence-corrected chi connectivity index (χ4v) is 2.82. The van der Waals surface area contributed by atoms with E-state index in [0.717, 1.165) is 37.1 Å². The highest BCUT2D eigenvalue weighted by Crippen LogP contribution is 2.29. The quantitative estimate of drug-likeness (QED) is 0.631. The van der Waals surface area contributed by atoms with Gasteiger partial charge in [0.15, 0.2) is 0 Å². The van der Waals surface area contributed by atoms with Crippen LogP contribution in [0.3, 0.4) is 0 Å². The summed E-state index contributed by atoms with van der Waals surface area (Å²) >= 11 is 6.04. The molecule has 6 heteroatoms. The molecule has 0 saturated carbocycles. The van der Waals surface area contributed by atoms with Crippen LogP contribution in [0.5, 0.6) is 0 Å². The normalized spacial score (nSPS) is 16.5. The van der Waals surface area contributed by atoms with Gasteiger partial charge in [-0.2, -0.15) is 0 Å². The first-order chi connectivity index (χ1) is 9.70. The zero-order valence-electron chi connectivity index (χ0n) is 11.1. The lowest BCUT2D eigenvalue weighted by molar-refractivity contribution is 0.0602. The lowest BCUT2D eigenvalue weighted by atomic mass is 10.1. The molecule has 2 aromatic rings. The molecule has 0 N–H and O–H groups in total. The summed E-state index contributed by atoms with van der Waals surface area (Å²) in [5, 5.41) is 1.07. The Bertz CT molecular complexity index is 647. The Morgan fingerprint density at radius 1 is 1.50 bits per heavy atom. The molecule has 20 heavy (non-hydrogen) atoms. The van der Waals surface area contributed by atoms with Crippen molar-refractivity contribution in [3.63, 3.8) is 0 Å². The molecule has 5 nitrogen and oxygen atoms in total. The summed E-state index contributed by atoms with van der Waals surface area (Å²) in [5.41, 5.74) is 1.18. The van der Waals surface area contributed by atoms with E-state index in [1.54, 1.807) is 6.07 Å². The predicted molar refractivity (Wildman–Crippen MR) is 75.2 cm³/mol. The number of nitrogens with zero attached hydrogens (tertiary/aromatic N) is 2. The van der Waals surface area contributed by atoms with Gasteiger partial charge in [-0.15, -0.1) is 0 Å². The van der Waals surface area contributed by atoms with E-state index in [-0.39, 0.29) is 0 Å². The lowest BCUT2D eigenvalue weighted by Gasteiger charge is -2.24. The Kier molecular flexibility index (Phi) is 3.63. The predicted octanol–water partition coefficient (Wildman–Crippen LogP) is 2.83. The van der Waals surface area contributed by atoms with Gasteiger partial charge < -0.3 is 14.0 Å². The molecule has 0 bridgehead atoms. The van der Waals surface area contributed by atoms with Crippen LogP contribution in [0.1, 0.15) is 29.2 Å². The molecular weight excluding hydrogens is 280 g/mol. The fourth-order valence-electron chi connectivity index (χ4n) is 2.63. The van der Waals surface area contributed by atoms with E-state index in [1.807, 2.05) is 12.3 Å². The second kappa shape index (κ2) is 5.42. The molecule has 0 amide bonds. The number of pyridine rings is 1. The number of hydrogen-bond donors (Lipinski definition) is 0. The van der Waals surface area contributed by atoms with Gasteiger partial charge in [-0.3, -0.25) is 0 Å². The number of ether oxygens (including phenoxy) is 2. The SMILES string of the molecule is COC(=O)c1cc(Cl)nc2c1ccn2C1CCOCC1. The fraction of sp³-hybridized carbons (Fsp3) is 0.429. The van der Waals surface area contributed by atoms with Crippen LogP contribution in [0.15, 0.2) is 18.3 Å². The highest BCUT2D eigenvalue weighted by molar-refractivity contribution is 6.30. The molecule has 1 saturated heterocycles. The topological polar surface area (TPSA) is 53.3 Å². The van der Waals surface area contributed by atoms with Crippen molar-refractivity contribution in [1.82, 2.24) is 9.55 Å². The molecule has 0 aromatic carbocycles. The van der Waals surface area contributed by atoms with Crippen LogP contribution in [-0.2, 0) is 9.47 Å². The van der Waals surface area contributed by atoms with Crippen LogP contribution in [0, 0.1) is 0 Å². The Labute approximate surface area is 121 Å². The van der Waals surface area contributed by atoms with Crippen LogP contribution in [0.25, 0.3) is 11.0 Å². The van der Waals surface area contributed by atoms with Gasteiger partial charge in [-0.1, -0.05) is 11.6 Å². The van der Waals surface area contributed by atoms with Crippen LogP contribution < -0.4 is 0 Å². The Morgan fingerprint density at radius 3 is 2.95 bits per heavy atom. The first-order valence-electron chi connectivity index (χ1n) is 6.54. The second-order valence-corrected chi connectivity index (χ2v) is 5.18. The summed E-state index contributed by atoms with van der Waals surface area (Å²) in [5.74, 6) is -0.399. The molecule has 2 aromatic heterocycles. The highest BCUT2D eigenvalue weighted by Gasteiger charge is 2.21. The summed E-state index contributed by atoms with van der Waals surface area (Å²) in [6.07, 6.45) is 3.83. The first-order valence-corrected chi connectivity index (χ1v) is 6.91. The molecule has 1 aliphatic heterocycles. The molecule has 1 aliphatic rings. The molecule has 0 aliphatic carbocycles. The number of hydrogen-bond acceptors (Lipinski definition) is 4. The number of rotatable bonds is 2. The average Bonchev–Trinajstić information content (AvgIpc) is 2.90. The number of halogens is 1. The van der Waals surface area contributed by atoms with Crippen molar-refractivity contribution < 1.29 is 14.3 Å². The lowest BCUT2D eigenvalue weighted by Crippen LogP contribution is -2.19. The molecule has 3 heterocycles. The molecular formula is C14H15ClN2O3. The number of fused-ring (bicyclic) bond motifs is 1. The summed E-state index contributed by atoms with van der Waals surface area (Å²) < 4.78 is 12.3. The number of aromatic nitrogens is 2. The third-order valence-electron chi connectivity index (χ3n) is 3.64. The molecule has 106 valence electrons. The number of methoxy groups -OCH3 is 1. The maximum Gasteiger partial charge on any atom is 0.338 e. The van der Waals surface area contributed by atoms with E-state index in [2.05, 4.69) is 9.55 Å². The van der Waals surface area contributed by atoms with Gasteiger partial charge in [0.1, 0.15) is 10.8 Å². The Morgan fingerprint density at radius 2 is 2.25 bits per heavy atom. The number of esters is 1. The summed E-state index contributed by atoms with van der Waals surface area (Å²) in [4.78, 5) is 16.2. The van der Waals surface area contributed by atoms with Crippen molar-refractivity contribution in [2.45, 2.75) is 18.9 Å². The van der Waals surface area contributed by atoms with Gasteiger partial charge >= 0.3 is 5.97 Å². The van der Waals surface area contributed by atoms with Crippen LogP contribution in [0.2, 0.25) is 5.15 Å². The summed E-state index contributed by atoms with van der Waals surface area (Å²) in [6, 6.07) is 3.77. The van der Waals surface area contributed by atoms with Gasteiger partial charge in [0.2, 0.25) is 0 Å². The van der Waals surface area contributed by atoms with Crippen molar-refractivity contribution in [2.75, 3.05) is 20.3 Å². The minimum Gasteiger partial charge on any atom is -0.465 e. The molecule has 1 fully saturated rings. The minimum absolute atomic E-state index is 0.296. The molecule has 0 atom stereocenters. The van der Waals surface area contributed by atoms with Crippen molar-refractivity contribution in [3.05, 3.63) is 29.0 Å². The Hall–Kier alpha value is -1.59. The number of carbonyl (C=O) groups excluding carboxylic acids is 1. The van der Waals surface area contributed by atoms with E-state index < -0.39 is 5.97 Å². The van der Waals surface area contributed by atoms with E-state index >= 15 is 0 Å². The van der Waals surface area contributed by atoms with Gasteiger partial charge in [-0.05, 0) is 25.0 Å². The maximum atomic E-state index is 11.8. The molecule has 3 rings (SSSR count). The van der Waals surface area contributed by atoms with Crippen LogP contribution in [0.4, 0.5) is 0 Å². The number of carbonyl (C=O) groups is 1. The first kappa shape index (κ1) is 13.4. The van der Waals surface area contributed by atoms with Crippen molar-refractivity contribution >= 4 is 28.6 Å². The van der Waals surface area contributed by atoms with Gasteiger partial charge in [0.05, 0.1) is 12.7 Å². The minimum atomic E-state index is -0.399. The average molecular weight is 295 g/mol. The second-order valence-electron chi connectivity index (χ2n) is 4.79. The van der Waals surface area contributed by atoms with Gasteiger partial charge in [-0.25, -0.2) is 9.78 Å². The smallest absolute Gasteiger partial charge is 0.338 e. The molecule has 0 spiro atoms. The monoisotopic (exact) mass is 294 g/mol. The third-order valence-corrected chi connectivity index (χ3v) is 3.84. The Balaban J connectivity index is 2.11. The molecule has 0 radical (unpaired) electrons. The van der Waals surface area contributed by atoms with E-state index in [1.165, 1.54) is 7.11 Å². The highest BCUT2D eigenvalue weighted by atomic mass is 35.5. The largest absolute Gasteiger partial charge is 0.465 e. The van der Waals surface area contributed by atoms with E-state index in [0.29, 0.717) is 16.8 Å². The zero-order valence-corrected chi connectivity index (χ0v) is 11.9. The standard InChI is InChI=1S/C14H15ClN2O3/c1-19-14(18)11-8-12(15)16-13-10(11)2-5-17(13)9-3-6-20-7-4-9/h2,5,8-9H,3-4,6-7H2,1H3. The maximum absolute atomic E-state index is 11.8. The van der Waals surface area contributed by atoms with E-state index in [9.17, 15) is 4.79 Å². The van der Waals surface area contributed by atoms with Crippen molar-refractivity contribution in [1.29, 1.82) is 0 Å².